The third-order valence-corrected chi connectivity index (χ3v) is 5.83. The SMILES string of the molecule is CCC(N(C)C)C1([SiH2]C)CCCCO1. The van der Waals surface area contributed by atoms with Gasteiger partial charge in [0, 0.05) is 12.6 Å². The van der Waals surface area contributed by atoms with Gasteiger partial charge in [-0.15, -0.1) is 0 Å². The molecule has 1 fully saturated rings. The van der Waals surface area contributed by atoms with E-state index in [-0.39, 0.29) is 14.7 Å². The molecule has 0 aliphatic carbocycles. The topological polar surface area (TPSA) is 12.5 Å². The van der Waals surface area contributed by atoms with Crippen LogP contribution < -0.4 is 0 Å². The summed E-state index contributed by atoms with van der Waals surface area (Å²) in [5.74, 6) is 0. The zero-order valence-electron chi connectivity index (χ0n) is 10.2. The van der Waals surface area contributed by atoms with Crippen molar-refractivity contribution in [2.24, 2.45) is 0 Å². The van der Waals surface area contributed by atoms with Gasteiger partial charge in [-0.25, -0.2) is 0 Å². The summed E-state index contributed by atoms with van der Waals surface area (Å²) >= 11 is 0. The van der Waals surface area contributed by atoms with Gasteiger partial charge in [-0.1, -0.05) is 13.5 Å². The first-order chi connectivity index (χ1) is 6.66. The standard InChI is InChI=1S/C11H25NOSi/c1-5-10(12(2)3)11(14-4)8-6-7-9-13-11/h10H,5-9,14H2,1-4H3. The van der Waals surface area contributed by atoms with Gasteiger partial charge >= 0.3 is 0 Å². The number of ether oxygens (including phenoxy) is 1. The summed E-state index contributed by atoms with van der Waals surface area (Å²) in [5, 5.41) is 0.274. The Morgan fingerprint density at radius 1 is 1.43 bits per heavy atom. The normalized spacial score (nSPS) is 31.5. The quantitative estimate of drug-likeness (QED) is 0.658. The van der Waals surface area contributed by atoms with Crippen LogP contribution in [-0.2, 0) is 4.74 Å². The van der Waals surface area contributed by atoms with E-state index in [2.05, 4.69) is 32.5 Å². The predicted octanol–water partition coefficient (Wildman–Crippen LogP) is 1.44. The summed E-state index contributed by atoms with van der Waals surface area (Å²) in [6.45, 7) is 5.68. The molecule has 1 saturated heterocycles. The molecule has 84 valence electrons. The van der Waals surface area contributed by atoms with Crippen molar-refractivity contribution in [1.29, 1.82) is 0 Å². The van der Waals surface area contributed by atoms with Crippen molar-refractivity contribution in [2.45, 2.75) is 50.4 Å². The van der Waals surface area contributed by atoms with Crippen LogP contribution in [0.25, 0.3) is 0 Å². The van der Waals surface area contributed by atoms with Gasteiger partial charge in [0.1, 0.15) is 0 Å². The fraction of sp³-hybridized carbons (Fsp3) is 1.00. The minimum atomic E-state index is -0.104. The van der Waals surface area contributed by atoms with Crippen molar-refractivity contribution in [3.05, 3.63) is 0 Å². The van der Waals surface area contributed by atoms with Crippen LogP contribution >= 0.6 is 0 Å². The highest BCUT2D eigenvalue weighted by Crippen LogP contribution is 2.31. The highest BCUT2D eigenvalue weighted by Gasteiger charge is 2.39. The number of hydrogen-bond donors (Lipinski definition) is 0. The van der Waals surface area contributed by atoms with Crippen LogP contribution in [0.2, 0.25) is 6.55 Å². The molecule has 2 unspecified atom stereocenters. The molecule has 1 aliphatic rings. The van der Waals surface area contributed by atoms with Gasteiger partial charge in [0.05, 0.1) is 14.7 Å². The number of hydrogen-bond acceptors (Lipinski definition) is 2. The van der Waals surface area contributed by atoms with Crippen molar-refractivity contribution in [2.75, 3.05) is 20.7 Å². The van der Waals surface area contributed by atoms with E-state index < -0.39 is 0 Å². The van der Waals surface area contributed by atoms with Crippen LogP contribution in [0, 0.1) is 0 Å². The van der Waals surface area contributed by atoms with Crippen molar-refractivity contribution in [3.63, 3.8) is 0 Å². The van der Waals surface area contributed by atoms with Crippen molar-refractivity contribution >= 4 is 9.52 Å². The Balaban J connectivity index is 2.74. The number of rotatable bonds is 4. The molecule has 0 amide bonds. The second-order valence-electron chi connectivity index (χ2n) is 4.61. The van der Waals surface area contributed by atoms with Gasteiger partial charge in [-0.3, -0.25) is 0 Å². The Bertz CT molecular complexity index is 167. The molecule has 0 aromatic heterocycles. The molecule has 1 aliphatic heterocycles. The van der Waals surface area contributed by atoms with Crippen LogP contribution in [0.5, 0.6) is 0 Å². The molecule has 14 heavy (non-hydrogen) atoms. The minimum absolute atomic E-state index is 0.104. The van der Waals surface area contributed by atoms with Crippen LogP contribution in [0.1, 0.15) is 32.6 Å². The lowest BCUT2D eigenvalue weighted by molar-refractivity contribution is -0.0669. The van der Waals surface area contributed by atoms with E-state index in [1.807, 2.05) is 0 Å². The van der Waals surface area contributed by atoms with Crippen LogP contribution in [0.15, 0.2) is 0 Å². The van der Waals surface area contributed by atoms with Gasteiger partial charge in [0.15, 0.2) is 0 Å². The van der Waals surface area contributed by atoms with E-state index in [0.29, 0.717) is 6.04 Å². The third kappa shape index (κ3) is 2.38. The van der Waals surface area contributed by atoms with E-state index in [1.54, 1.807) is 0 Å². The Labute approximate surface area is 90.8 Å². The van der Waals surface area contributed by atoms with Gasteiger partial charge in [-0.2, -0.15) is 0 Å². The van der Waals surface area contributed by atoms with E-state index in [4.69, 9.17) is 4.74 Å². The average Bonchev–Trinajstić information content (AvgIpc) is 2.19. The van der Waals surface area contributed by atoms with Crippen molar-refractivity contribution in [1.82, 2.24) is 4.90 Å². The van der Waals surface area contributed by atoms with E-state index in [9.17, 15) is 0 Å². The molecule has 0 aromatic rings. The molecular formula is C11H25NOSi. The molecular weight excluding hydrogens is 190 g/mol. The summed E-state index contributed by atoms with van der Waals surface area (Å²) in [5.41, 5.74) is 0. The zero-order valence-corrected chi connectivity index (χ0v) is 11.6. The van der Waals surface area contributed by atoms with Crippen LogP contribution in [-0.4, -0.2) is 46.4 Å². The fourth-order valence-corrected chi connectivity index (χ4v) is 4.94. The lowest BCUT2D eigenvalue weighted by atomic mass is 9.98. The molecule has 0 spiro atoms. The number of nitrogens with zero attached hydrogens (tertiary/aromatic N) is 1. The molecule has 1 rings (SSSR count). The summed E-state index contributed by atoms with van der Waals surface area (Å²) in [6.07, 6.45) is 5.14. The Hall–Kier alpha value is 0.137. The first-order valence-corrected chi connectivity index (χ1v) is 8.08. The minimum Gasteiger partial charge on any atom is -0.378 e. The molecule has 0 saturated carbocycles. The summed E-state index contributed by atoms with van der Waals surface area (Å²) in [7, 11) is 4.28. The smallest absolute Gasteiger partial charge is 0.0667 e. The molecule has 0 aromatic carbocycles. The Morgan fingerprint density at radius 2 is 2.14 bits per heavy atom. The molecule has 0 bridgehead atoms. The van der Waals surface area contributed by atoms with Crippen molar-refractivity contribution < 1.29 is 4.74 Å². The van der Waals surface area contributed by atoms with Crippen molar-refractivity contribution in [3.8, 4) is 0 Å². The van der Waals surface area contributed by atoms with E-state index >= 15 is 0 Å². The first-order valence-electron chi connectivity index (χ1n) is 5.96. The lowest BCUT2D eigenvalue weighted by Gasteiger charge is -2.45. The highest BCUT2D eigenvalue weighted by atomic mass is 28.2. The number of likely N-dealkylation sites (N-methyl/N-ethyl adjacent to an activating group) is 1. The maximum Gasteiger partial charge on any atom is 0.0667 e. The first kappa shape index (κ1) is 12.2. The third-order valence-electron chi connectivity index (χ3n) is 3.60. The summed E-state index contributed by atoms with van der Waals surface area (Å²) < 4.78 is 6.15. The lowest BCUT2D eigenvalue weighted by Crippen LogP contribution is -2.56. The van der Waals surface area contributed by atoms with Gasteiger partial charge < -0.3 is 9.64 Å². The Morgan fingerprint density at radius 3 is 2.50 bits per heavy atom. The molecule has 2 nitrogen and oxygen atoms in total. The van der Waals surface area contributed by atoms with Crippen LogP contribution in [0.4, 0.5) is 0 Å². The maximum absolute atomic E-state index is 6.15. The van der Waals surface area contributed by atoms with E-state index in [0.717, 1.165) is 6.61 Å². The largest absolute Gasteiger partial charge is 0.378 e. The van der Waals surface area contributed by atoms with Gasteiger partial charge in [0.25, 0.3) is 0 Å². The maximum atomic E-state index is 6.15. The van der Waals surface area contributed by atoms with Gasteiger partial charge in [-0.05, 0) is 39.8 Å². The second-order valence-corrected chi connectivity index (χ2v) is 6.52. The molecule has 2 atom stereocenters. The molecule has 0 N–H and O–H groups in total. The highest BCUT2D eigenvalue weighted by molar-refractivity contribution is 6.38. The summed E-state index contributed by atoms with van der Waals surface area (Å²) in [4.78, 5) is 2.36. The second kappa shape index (κ2) is 5.28. The molecule has 0 radical (unpaired) electrons. The van der Waals surface area contributed by atoms with Crippen LogP contribution in [0.3, 0.4) is 0 Å². The molecule has 3 heteroatoms. The fourth-order valence-electron chi connectivity index (χ4n) is 2.86. The predicted molar refractivity (Wildman–Crippen MR) is 64.7 cm³/mol. The molecule has 1 heterocycles. The monoisotopic (exact) mass is 215 g/mol. The average molecular weight is 215 g/mol. The Kier molecular flexibility index (Phi) is 4.61. The zero-order chi connectivity index (χ0) is 10.6. The van der Waals surface area contributed by atoms with E-state index in [1.165, 1.54) is 25.7 Å². The van der Waals surface area contributed by atoms with Gasteiger partial charge in [0.2, 0.25) is 0 Å². The summed E-state index contributed by atoms with van der Waals surface area (Å²) in [6, 6.07) is 0.638.